The maximum atomic E-state index is 11.8. The van der Waals surface area contributed by atoms with Gasteiger partial charge in [-0.3, -0.25) is 0 Å². The number of carbonyl (C=O) groups is 1. The lowest BCUT2D eigenvalue weighted by atomic mass is 10.1. The summed E-state index contributed by atoms with van der Waals surface area (Å²) in [6.45, 7) is 1.81. The third-order valence-corrected chi connectivity index (χ3v) is 2.90. The van der Waals surface area contributed by atoms with Gasteiger partial charge in [0.15, 0.2) is 0 Å². The molecular weight excluding hydrogens is 220 g/mol. The van der Waals surface area contributed by atoms with Gasteiger partial charge < -0.3 is 14.6 Å². The van der Waals surface area contributed by atoms with Gasteiger partial charge in [-0.05, 0) is 19.1 Å². The Labute approximate surface area is 100 Å². The van der Waals surface area contributed by atoms with E-state index in [1.54, 1.807) is 24.3 Å². The zero-order valence-corrected chi connectivity index (χ0v) is 9.70. The Morgan fingerprint density at radius 3 is 2.76 bits per heavy atom. The van der Waals surface area contributed by atoms with Gasteiger partial charge in [-0.2, -0.15) is 0 Å². The molecular formula is C13H16O4. The maximum absolute atomic E-state index is 11.8. The van der Waals surface area contributed by atoms with Crippen LogP contribution < -0.4 is 0 Å². The van der Waals surface area contributed by atoms with Crippen LogP contribution in [-0.4, -0.2) is 36.0 Å². The van der Waals surface area contributed by atoms with Crippen LogP contribution in [0.1, 0.15) is 23.7 Å². The predicted molar refractivity (Wildman–Crippen MR) is 61.7 cm³/mol. The van der Waals surface area contributed by atoms with Crippen molar-refractivity contribution in [3.63, 3.8) is 0 Å². The Hall–Kier alpha value is -1.39. The van der Waals surface area contributed by atoms with E-state index in [0.29, 0.717) is 12.0 Å². The van der Waals surface area contributed by atoms with Crippen molar-refractivity contribution in [3.05, 3.63) is 35.9 Å². The molecule has 0 aromatic heterocycles. The van der Waals surface area contributed by atoms with Crippen LogP contribution in [0, 0.1) is 0 Å². The molecule has 0 unspecified atom stereocenters. The minimum atomic E-state index is -0.343. The highest BCUT2D eigenvalue weighted by Crippen LogP contribution is 2.23. The second kappa shape index (κ2) is 5.29. The summed E-state index contributed by atoms with van der Waals surface area (Å²) in [6.07, 6.45) is -0.116. The van der Waals surface area contributed by atoms with Crippen molar-refractivity contribution >= 4 is 5.97 Å². The summed E-state index contributed by atoms with van der Waals surface area (Å²) in [5.74, 6) is -0.343. The summed E-state index contributed by atoms with van der Waals surface area (Å²) in [5.41, 5.74) is 0.534. The highest BCUT2D eigenvalue weighted by Gasteiger charge is 2.34. The fourth-order valence-electron chi connectivity index (χ4n) is 1.94. The molecule has 1 N–H and O–H groups in total. The zero-order valence-electron chi connectivity index (χ0n) is 9.70. The van der Waals surface area contributed by atoms with Crippen LogP contribution in [0.3, 0.4) is 0 Å². The number of carbonyl (C=O) groups excluding carboxylic acids is 1. The van der Waals surface area contributed by atoms with Crippen LogP contribution in [0.4, 0.5) is 0 Å². The molecule has 0 bridgehead atoms. The summed E-state index contributed by atoms with van der Waals surface area (Å²) in [5, 5.41) is 8.99. The lowest BCUT2D eigenvalue weighted by Gasteiger charge is -2.14. The van der Waals surface area contributed by atoms with Gasteiger partial charge in [-0.25, -0.2) is 4.79 Å². The quantitative estimate of drug-likeness (QED) is 0.806. The van der Waals surface area contributed by atoms with E-state index in [-0.39, 0.29) is 30.9 Å². The summed E-state index contributed by atoms with van der Waals surface area (Å²) in [6, 6.07) is 8.86. The Morgan fingerprint density at radius 1 is 1.47 bits per heavy atom. The standard InChI is InChI=1S/C13H16O4/c1-9-12(7-11(8-14)16-9)17-13(15)10-5-3-2-4-6-10/h2-6,9,11-12,14H,7-8H2,1H3/t9-,11+,12+/m0/s1. The van der Waals surface area contributed by atoms with Gasteiger partial charge in [0.2, 0.25) is 0 Å². The Balaban J connectivity index is 1.96. The minimum absolute atomic E-state index is 0.0380. The maximum Gasteiger partial charge on any atom is 0.338 e. The molecule has 1 aliphatic rings. The molecule has 1 saturated heterocycles. The Bertz CT molecular complexity index is 376. The van der Waals surface area contributed by atoms with Gasteiger partial charge in [0.25, 0.3) is 0 Å². The summed E-state index contributed by atoms with van der Waals surface area (Å²) in [7, 11) is 0. The van der Waals surface area contributed by atoms with Crippen molar-refractivity contribution in [3.8, 4) is 0 Å². The number of esters is 1. The lowest BCUT2D eigenvalue weighted by Crippen LogP contribution is -2.24. The highest BCUT2D eigenvalue weighted by atomic mass is 16.6. The van der Waals surface area contributed by atoms with Gasteiger partial charge in [0, 0.05) is 6.42 Å². The van der Waals surface area contributed by atoms with Crippen molar-refractivity contribution < 1.29 is 19.4 Å². The number of hydrogen-bond acceptors (Lipinski definition) is 4. The molecule has 1 heterocycles. The number of hydrogen-bond donors (Lipinski definition) is 1. The molecule has 0 saturated carbocycles. The largest absolute Gasteiger partial charge is 0.456 e. The fraction of sp³-hybridized carbons (Fsp3) is 0.462. The van der Waals surface area contributed by atoms with E-state index in [1.165, 1.54) is 0 Å². The molecule has 3 atom stereocenters. The predicted octanol–water partition coefficient (Wildman–Crippen LogP) is 1.38. The monoisotopic (exact) mass is 236 g/mol. The van der Waals surface area contributed by atoms with Crippen molar-refractivity contribution in [1.82, 2.24) is 0 Å². The van der Waals surface area contributed by atoms with Gasteiger partial charge in [0.1, 0.15) is 6.10 Å². The molecule has 4 heteroatoms. The second-order valence-electron chi connectivity index (χ2n) is 4.19. The van der Waals surface area contributed by atoms with Crippen molar-refractivity contribution in [2.24, 2.45) is 0 Å². The Morgan fingerprint density at radius 2 is 2.18 bits per heavy atom. The van der Waals surface area contributed by atoms with E-state index in [0.717, 1.165) is 0 Å². The number of rotatable bonds is 3. The molecule has 92 valence electrons. The van der Waals surface area contributed by atoms with E-state index < -0.39 is 0 Å². The van der Waals surface area contributed by atoms with Crippen molar-refractivity contribution in [2.75, 3.05) is 6.61 Å². The van der Waals surface area contributed by atoms with Crippen molar-refractivity contribution in [2.45, 2.75) is 31.7 Å². The first-order valence-electron chi connectivity index (χ1n) is 5.73. The van der Waals surface area contributed by atoms with E-state index in [9.17, 15) is 4.79 Å². The van der Waals surface area contributed by atoms with Crippen LogP contribution in [0.25, 0.3) is 0 Å². The van der Waals surface area contributed by atoms with E-state index in [4.69, 9.17) is 14.6 Å². The van der Waals surface area contributed by atoms with Crippen molar-refractivity contribution in [1.29, 1.82) is 0 Å². The first-order chi connectivity index (χ1) is 8.20. The molecule has 1 aliphatic heterocycles. The molecule has 2 rings (SSSR count). The van der Waals surface area contributed by atoms with Crippen LogP contribution in [0.2, 0.25) is 0 Å². The normalized spacial score (nSPS) is 28.0. The van der Waals surface area contributed by atoms with E-state index in [1.807, 2.05) is 13.0 Å². The lowest BCUT2D eigenvalue weighted by molar-refractivity contribution is -0.0133. The SMILES string of the molecule is C[C@@H]1O[C@@H](CO)C[C@H]1OC(=O)c1ccccc1. The molecule has 1 aromatic rings. The third kappa shape index (κ3) is 2.84. The van der Waals surface area contributed by atoms with Crippen LogP contribution in [-0.2, 0) is 9.47 Å². The number of aliphatic hydroxyl groups is 1. The van der Waals surface area contributed by atoms with Gasteiger partial charge >= 0.3 is 5.97 Å². The average molecular weight is 236 g/mol. The molecule has 1 aromatic carbocycles. The summed E-state index contributed by atoms with van der Waals surface area (Å²) < 4.78 is 10.8. The molecule has 0 spiro atoms. The summed E-state index contributed by atoms with van der Waals surface area (Å²) in [4.78, 5) is 11.8. The molecule has 0 amide bonds. The average Bonchev–Trinajstić information content (AvgIpc) is 2.71. The van der Waals surface area contributed by atoms with Crippen LogP contribution in [0.5, 0.6) is 0 Å². The van der Waals surface area contributed by atoms with Gasteiger partial charge in [-0.1, -0.05) is 18.2 Å². The number of aliphatic hydroxyl groups excluding tert-OH is 1. The summed E-state index contributed by atoms with van der Waals surface area (Å²) >= 11 is 0. The highest BCUT2D eigenvalue weighted by molar-refractivity contribution is 5.89. The Kier molecular flexibility index (Phi) is 3.76. The zero-order chi connectivity index (χ0) is 12.3. The molecule has 4 nitrogen and oxygen atoms in total. The van der Waals surface area contributed by atoms with Crippen LogP contribution in [0.15, 0.2) is 30.3 Å². The first kappa shape index (κ1) is 12.1. The van der Waals surface area contributed by atoms with E-state index in [2.05, 4.69) is 0 Å². The van der Waals surface area contributed by atoms with Gasteiger partial charge in [-0.15, -0.1) is 0 Å². The molecule has 0 radical (unpaired) electrons. The molecule has 0 aliphatic carbocycles. The number of benzene rings is 1. The third-order valence-electron chi connectivity index (χ3n) is 2.90. The topological polar surface area (TPSA) is 55.8 Å². The van der Waals surface area contributed by atoms with Gasteiger partial charge in [0.05, 0.1) is 24.4 Å². The second-order valence-corrected chi connectivity index (χ2v) is 4.19. The smallest absolute Gasteiger partial charge is 0.338 e. The number of ether oxygens (including phenoxy) is 2. The molecule has 1 fully saturated rings. The first-order valence-corrected chi connectivity index (χ1v) is 5.73. The van der Waals surface area contributed by atoms with E-state index >= 15 is 0 Å². The fourth-order valence-corrected chi connectivity index (χ4v) is 1.94. The minimum Gasteiger partial charge on any atom is -0.456 e. The molecule has 17 heavy (non-hydrogen) atoms. The van der Waals surface area contributed by atoms with Crippen LogP contribution >= 0.6 is 0 Å².